The van der Waals surface area contributed by atoms with Crippen molar-refractivity contribution in [2.45, 2.75) is 31.3 Å². The van der Waals surface area contributed by atoms with Gasteiger partial charge in [-0.2, -0.15) is 12.6 Å². The van der Waals surface area contributed by atoms with E-state index in [-0.39, 0.29) is 0 Å². The lowest BCUT2D eigenvalue weighted by Gasteiger charge is -2.29. The van der Waals surface area contributed by atoms with Crippen molar-refractivity contribution in [2.24, 2.45) is 11.5 Å². The van der Waals surface area contributed by atoms with Gasteiger partial charge in [-0.25, -0.2) is 0 Å². The number of primary amides is 1. The Bertz CT molecular complexity index is 958. The number of amides is 2. The van der Waals surface area contributed by atoms with Gasteiger partial charge in [0.2, 0.25) is 11.8 Å². The number of nitrogens with two attached hydrogens (primary N) is 2. The van der Waals surface area contributed by atoms with Crippen molar-refractivity contribution < 1.29 is 9.59 Å². The molecule has 0 saturated heterocycles. The van der Waals surface area contributed by atoms with E-state index in [1.54, 1.807) is 13.2 Å². The Morgan fingerprint density at radius 3 is 2.38 bits per heavy atom. The van der Waals surface area contributed by atoms with Gasteiger partial charge < -0.3 is 21.8 Å². The fourth-order valence-electron chi connectivity index (χ4n) is 3.19. The molecule has 29 heavy (non-hydrogen) atoms. The van der Waals surface area contributed by atoms with Crippen LogP contribution in [0, 0.1) is 0 Å². The first kappa shape index (κ1) is 22.5. The average Bonchev–Trinajstić information content (AvgIpc) is 3.13. The summed E-state index contributed by atoms with van der Waals surface area (Å²) in [6.07, 6.45) is 4.21. The van der Waals surface area contributed by atoms with Crippen LogP contribution < -0.4 is 16.8 Å². The molecule has 0 bridgehead atoms. The zero-order valence-electron chi connectivity index (χ0n) is 16.7. The first-order valence-corrected chi connectivity index (χ1v) is 10.2. The van der Waals surface area contributed by atoms with Gasteiger partial charge in [-0.1, -0.05) is 48.5 Å². The summed E-state index contributed by atoms with van der Waals surface area (Å²) in [4.78, 5) is 27.9. The maximum absolute atomic E-state index is 12.7. The molecule has 2 unspecified atom stereocenters. The zero-order valence-corrected chi connectivity index (χ0v) is 17.6. The van der Waals surface area contributed by atoms with Crippen LogP contribution in [0.3, 0.4) is 0 Å². The SMILES string of the molecule is CC(Cc1ccccc1)(NC(=O)C(N)Cc1c[nH]c2ccccc12)C(N)=O.CS. The summed E-state index contributed by atoms with van der Waals surface area (Å²) < 4.78 is 0. The van der Waals surface area contributed by atoms with Crippen LogP contribution in [0.5, 0.6) is 0 Å². The minimum atomic E-state index is -1.21. The summed E-state index contributed by atoms with van der Waals surface area (Å²) in [6.45, 7) is 1.62. The zero-order chi connectivity index (χ0) is 21.4. The molecule has 154 valence electrons. The molecular weight excluding hydrogens is 384 g/mol. The summed E-state index contributed by atoms with van der Waals surface area (Å²) in [5.74, 6) is -1.00. The molecule has 7 heteroatoms. The summed E-state index contributed by atoms with van der Waals surface area (Å²) in [5.41, 5.74) is 13.3. The van der Waals surface area contributed by atoms with E-state index in [9.17, 15) is 9.59 Å². The number of thiol groups is 1. The van der Waals surface area contributed by atoms with Gasteiger partial charge in [0.25, 0.3) is 0 Å². The minimum Gasteiger partial charge on any atom is -0.368 e. The topological polar surface area (TPSA) is 114 Å². The van der Waals surface area contributed by atoms with E-state index in [1.807, 2.05) is 60.8 Å². The van der Waals surface area contributed by atoms with Crippen molar-refractivity contribution >= 4 is 35.3 Å². The molecular formula is C22H28N4O2S. The molecule has 2 amide bonds. The number of nitrogens with one attached hydrogen (secondary N) is 2. The number of benzene rings is 2. The fourth-order valence-corrected chi connectivity index (χ4v) is 3.19. The number of rotatable bonds is 7. The first-order valence-electron chi connectivity index (χ1n) is 9.30. The second-order valence-corrected chi connectivity index (χ2v) is 7.02. The van der Waals surface area contributed by atoms with Crippen molar-refractivity contribution in [3.63, 3.8) is 0 Å². The molecule has 0 saturated carbocycles. The number of aromatic amines is 1. The van der Waals surface area contributed by atoms with Gasteiger partial charge in [0, 0.05) is 23.5 Å². The predicted octanol–water partition coefficient (Wildman–Crippen LogP) is 2.19. The van der Waals surface area contributed by atoms with Gasteiger partial charge >= 0.3 is 0 Å². The predicted molar refractivity (Wildman–Crippen MR) is 121 cm³/mol. The number of hydrogen-bond donors (Lipinski definition) is 5. The number of aromatic nitrogens is 1. The van der Waals surface area contributed by atoms with Gasteiger partial charge in [0.1, 0.15) is 5.54 Å². The van der Waals surface area contributed by atoms with E-state index in [1.165, 1.54) is 0 Å². The maximum atomic E-state index is 12.7. The molecule has 0 aliphatic heterocycles. The van der Waals surface area contributed by atoms with Crippen LogP contribution >= 0.6 is 12.6 Å². The Labute approximate surface area is 176 Å². The molecule has 0 aliphatic carbocycles. The molecule has 1 aromatic heterocycles. The highest BCUT2D eigenvalue weighted by molar-refractivity contribution is 7.79. The molecule has 2 aromatic carbocycles. The third kappa shape index (κ3) is 5.62. The van der Waals surface area contributed by atoms with Gasteiger partial charge in [0.15, 0.2) is 0 Å². The molecule has 3 rings (SSSR count). The molecule has 0 radical (unpaired) electrons. The third-order valence-electron chi connectivity index (χ3n) is 4.79. The van der Waals surface area contributed by atoms with Gasteiger partial charge in [0.05, 0.1) is 6.04 Å². The van der Waals surface area contributed by atoms with Crippen molar-refractivity contribution in [2.75, 3.05) is 6.26 Å². The Balaban J connectivity index is 0.00000145. The number of carbonyl (C=O) groups excluding carboxylic acids is 2. The molecule has 2 atom stereocenters. The Morgan fingerprint density at radius 1 is 1.10 bits per heavy atom. The average molecular weight is 413 g/mol. The van der Waals surface area contributed by atoms with Crippen LogP contribution in [0.25, 0.3) is 10.9 Å². The fraction of sp³-hybridized carbons (Fsp3) is 0.273. The van der Waals surface area contributed by atoms with Crippen LogP contribution in [0.2, 0.25) is 0 Å². The van der Waals surface area contributed by atoms with Crippen LogP contribution in [0.15, 0.2) is 60.8 Å². The van der Waals surface area contributed by atoms with Gasteiger partial charge in [-0.15, -0.1) is 0 Å². The number of H-pyrrole nitrogens is 1. The smallest absolute Gasteiger partial charge is 0.243 e. The summed E-state index contributed by atoms with van der Waals surface area (Å²) in [5, 5.41) is 3.78. The molecule has 3 aromatic rings. The molecule has 1 heterocycles. The summed E-state index contributed by atoms with van der Waals surface area (Å²) >= 11 is 3.53. The number of carbonyl (C=O) groups is 2. The van der Waals surface area contributed by atoms with Crippen molar-refractivity contribution in [3.05, 3.63) is 71.9 Å². The third-order valence-corrected chi connectivity index (χ3v) is 4.79. The van der Waals surface area contributed by atoms with E-state index < -0.39 is 23.4 Å². The molecule has 0 fully saturated rings. The largest absolute Gasteiger partial charge is 0.368 e. The summed E-state index contributed by atoms with van der Waals surface area (Å²) in [7, 11) is 0. The Kier molecular flexibility index (Phi) is 7.87. The normalized spacial score (nSPS) is 13.7. The molecule has 0 aliphatic rings. The van der Waals surface area contributed by atoms with E-state index in [0.717, 1.165) is 22.0 Å². The first-order chi connectivity index (χ1) is 13.9. The summed E-state index contributed by atoms with van der Waals surface area (Å²) in [6, 6.07) is 16.5. The minimum absolute atomic E-state index is 0.300. The number of para-hydroxylation sites is 1. The van der Waals surface area contributed by atoms with Crippen LogP contribution in [-0.2, 0) is 22.4 Å². The Morgan fingerprint density at radius 2 is 1.72 bits per heavy atom. The van der Waals surface area contributed by atoms with E-state index in [0.29, 0.717) is 12.8 Å². The van der Waals surface area contributed by atoms with Crippen LogP contribution in [-0.4, -0.2) is 34.6 Å². The Hall–Kier alpha value is -2.77. The van der Waals surface area contributed by atoms with Gasteiger partial charge in [-0.05, 0) is 36.8 Å². The monoisotopic (exact) mass is 412 g/mol. The highest BCUT2D eigenvalue weighted by atomic mass is 32.1. The van der Waals surface area contributed by atoms with Crippen molar-refractivity contribution in [3.8, 4) is 0 Å². The second-order valence-electron chi connectivity index (χ2n) is 7.02. The number of hydrogen-bond acceptors (Lipinski definition) is 4. The van der Waals surface area contributed by atoms with E-state index in [2.05, 4.69) is 22.9 Å². The van der Waals surface area contributed by atoms with Gasteiger partial charge in [-0.3, -0.25) is 9.59 Å². The number of fused-ring (bicyclic) bond motifs is 1. The molecule has 0 spiro atoms. The highest BCUT2D eigenvalue weighted by Gasteiger charge is 2.34. The second kappa shape index (κ2) is 10.1. The lowest BCUT2D eigenvalue weighted by atomic mass is 9.91. The van der Waals surface area contributed by atoms with Crippen LogP contribution in [0.4, 0.5) is 0 Å². The molecule has 6 nitrogen and oxygen atoms in total. The van der Waals surface area contributed by atoms with E-state index >= 15 is 0 Å². The standard InChI is InChI=1S/C21H24N4O2.CH4S/c1-21(20(23)27,12-14-7-3-2-4-8-14)25-19(26)17(22)11-15-13-24-18-10-6-5-9-16(15)18;1-2/h2-10,13,17,24H,11-12,22H2,1H3,(H2,23,27)(H,25,26);2H,1H3. The van der Waals surface area contributed by atoms with Crippen molar-refractivity contribution in [1.29, 1.82) is 0 Å². The van der Waals surface area contributed by atoms with Crippen LogP contribution in [0.1, 0.15) is 18.1 Å². The van der Waals surface area contributed by atoms with Crippen molar-refractivity contribution in [1.82, 2.24) is 10.3 Å². The lowest BCUT2D eigenvalue weighted by molar-refractivity contribution is -0.131. The van der Waals surface area contributed by atoms with E-state index in [4.69, 9.17) is 11.5 Å². The molecule has 6 N–H and O–H groups in total. The highest BCUT2D eigenvalue weighted by Crippen LogP contribution is 2.19. The quantitative estimate of drug-likeness (QED) is 0.383. The lowest BCUT2D eigenvalue weighted by Crippen LogP contribution is -2.60. The maximum Gasteiger partial charge on any atom is 0.243 e.